The highest BCUT2D eigenvalue weighted by molar-refractivity contribution is 5.76. The fourth-order valence-electron chi connectivity index (χ4n) is 5.15. The Labute approximate surface area is 178 Å². The predicted octanol–water partition coefficient (Wildman–Crippen LogP) is 4.49. The van der Waals surface area contributed by atoms with Gasteiger partial charge in [-0.05, 0) is 61.4 Å². The van der Waals surface area contributed by atoms with E-state index in [0.717, 1.165) is 5.75 Å². The van der Waals surface area contributed by atoms with Gasteiger partial charge in [0.25, 0.3) is 5.88 Å². The molecule has 2 aromatic rings. The van der Waals surface area contributed by atoms with E-state index >= 15 is 0 Å². The summed E-state index contributed by atoms with van der Waals surface area (Å²) < 4.78 is 16.1. The maximum Gasteiger partial charge on any atom is 0.254 e. The first-order chi connectivity index (χ1) is 14.5. The molecule has 2 saturated carbocycles. The first kappa shape index (κ1) is 20.8. The van der Waals surface area contributed by atoms with Crippen molar-refractivity contribution < 1.29 is 18.8 Å². The Morgan fingerprint density at radius 2 is 1.93 bits per heavy atom. The fourth-order valence-corrected chi connectivity index (χ4v) is 5.15. The molecule has 0 spiro atoms. The Morgan fingerprint density at radius 1 is 1.20 bits per heavy atom. The van der Waals surface area contributed by atoms with Crippen molar-refractivity contribution in [2.24, 2.45) is 11.8 Å². The highest BCUT2D eigenvalue weighted by Gasteiger charge is 2.51. The molecule has 2 aliphatic carbocycles. The Bertz CT molecular complexity index is 845. The highest BCUT2D eigenvalue weighted by atomic mass is 16.5. The van der Waals surface area contributed by atoms with E-state index in [1.165, 1.54) is 31.2 Å². The van der Waals surface area contributed by atoms with Crippen LogP contribution in [-0.4, -0.2) is 30.3 Å². The van der Waals surface area contributed by atoms with Crippen LogP contribution in [-0.2, 0) is 11.2 Å². The summed E-state index contributed by atoms with van der Waals surface area (Å²) in [5.74, 6) is 3.74. The summed E-state index contributed by atoms with van der Waals surface area (Å²) in [6.45, 7) is 3.89. The summed E-state index contributed by atoms with van der Waals surface area (Å²) in [6.07, 6.45) is 5.97. The summed E-state index contributed by atoms with van der Waals surface area (Å²) in [7, 11) is 1.69. The number of carbonyl (C=O) groups excluding carboxylic acids is 1. The zero-order valence-corrected chi connectivity index (χ0v) is 18.1. The topological polar surface area (TPSA) is 73.6 Å². The number of fused-ring (bicyclic) bond motifs is 1. The number of aryl methyl sites for hydroxylation is 1. The number of methoxy groups -OCH3 is 1. The third-order valence-electron chi connectivity index (χ3n) is 6.50. The maximum atomic E-state index is 12.7. The number of ether oxygens (including phenoxy) is 2. The van der Waals surface area contributed by atoms with Crippen molar-refractivity contribution >= 4 is 5.91 Å². The molecule has 4 rings (SSSR count). The van der Waals surface area contributed by atoms with Crippen LogP contribution >= 0.6 is 0 Å². The number of aromatic nitrogens is 1. The zero-order chi connectivity index (χ0) is 21.1. The molecular weight excluding hydrogens is 380 g/mol. The van der Waals surface area contributed by atoms with E-state index in [1.54, 1.807) is 13.2 Å². The van der Waals surface area contributed by atoms with Gasteiger partial charge in [-0.1, -0.05) is 25.0 Å². The van der Waals surface area contributed by atoms with Crippen LogP contribution in [0.5, 0.6) is 11.6 Å². The van der Waals surface area contributed by atoms with Crippen molar-refractivity contribution in [2.75, 3.05) is 7.11 Å². The Balaban J connectivity index is 1.37. The molecule has 0 unspecified atom stereocenters. The number of hydrogen-bond donors (Lipinski definition) is 1. The van der Waals surface area contributed by atoms with Gasteiger partial charge in [0, 0.05) is 30.9 Å². The molecule has 2 aliphatic rings. The highest BCUT2D eigenvalue weighted by Crippen LogP contribution is 2.54. The van der Waals surface area contributed by atoms with Crippen LogP contribution in [0.4, 0.5) is 0 Å². The van der Waals surface area contributed by atoms with Crippen molar-refractivity contribution in [1.82, 2.24) is 10.5 Å². The van der Waals surface area contributed by atoms with Gasteiger partial charge >= 0.3 is 0 Å². The van der Waals surface area contributed by atoms with Gasteiger partial charge < -0.3 is 19.3 Å². The van der Waals surface area contributed by atoms with Crippen LogP contribution in [0.1, 0.15) is 63.2 Å². The Kier molecular flexibility index (Phi) is 6.30. The van der Waals surface area contributed by atoms with Gasteiger partial charge in [0.15, 0.2) is 0 Å². The minimum atomic E-state index is 0.0446. The smallest absolute Gasteiger partial charge is 0.254 e. The van der Waals surface area contributed by atoms with Crippen LogP contribution in [0.15, 0.2) is 34.9 Å². The van der Waals surface area contributed by atoms with Gasteiger partial charge in [-0.25, -0.2) is 0 Å². The molecule has 1 amide bonds. The first-order valence-corrected chi connectivity index (χ1v) is 11.1. The Hall–Kier alpha value is -2.50. The lowest BCUT2D eigenvalue weighted by Crippen LogP contribution is -2.59. The van der Waals surface area contributed by atoms with E-state index in [4.69, 9.17) is 14.0 Å². The summed E-state index contributed by atoms with van der Waals surface area (Å²) >= 11 is 0. The van der Waals surface area contributed by atoms with Crippen LogP contribution in [0.2, 0.25) is 0 Å². The van der Waals surface area contributed by atoms with E-state index in [2.05, 4.69) is 22.6 Å². The number of hydrogen-bond acceptors (Lipinski definition) is 5. The van der Waals surface area contributed by atoms with E-state index in [0.29, 0.717) is 42.2 Å². The molecule has 0 saturated heterocycles. The lowest BCUT2D eigenvalue weighted by molar-refractivity contribution is -0.124. The first-order valence-electron chi connectivity index (χ1n) is 11.1. The molecule has 162 valence electrons. The second kappa shape index (κ2) is 9.11. The van der Waals surface area contributed by atoms with E-state index in [9.17, 15) is 4.79 Å². The fraction of sp³-hybridized carbons (Fsp3) is 0.583. The van der Waals surface area contributed by atoms with E-state index in [1.807, 2.05) is 26.0 Å². The molecule has 2 fully saturated rings. The van der Waals surface area contributed by atoms with Crippen molar-refractivity contribution in [1.29, 1.82) is 0 Å². The number of amides is 1. The molecule has 1 N–H and O–H groups in total. The van der Waals surface area contributed by atoms with Crippen molar-refractivity contribution in [2.45, 2.75) is 70.4 Å². The van der Waals surface area contributed by atoms with Crippen LogP contribution in [0, 0.1) is 11.8 Å². The van der Waals surface area contributed by atoms with Gasteiger partial charge in [-0.15, -0.1) is 0 Å². The van der Waals surface area contributed by atoms with Gasteiger partial charge in [-0.2, -0.15) is 0 Å². The molecule has 0 bridgehead atoms. The third kappa shape index (κ3) is 4.47. The molecule has 30 heavy (non-hydrogen) atoms. The van der Waals surface area contributed by atoms with Crippen molar-refractivity contribution in [3.05, 3.63) is 41.7 Å². The molecule has 6 heteroatoms. The maximum absolute atomic E-state index is 12.7. The molecule has 1 aromatic carbocycles. The standard InChI is InChI=1S/C24H32N2O4/c1-15(2)29-22-14-18(30-26-22)12-13-21(27)25-24-20-7-5-4-6-19(20)23(24)16-8-10-17(28-3)11-9-16/h8-11,14-15,19-20,23-24H,4-7,12-13H2,1-3H3,(H,25,27)/t19-,20+,23-,24-/m0/s1. The van der Waals surface area contributed by atoms with Gasteiger partial charge in [0.05, 0.1) is 13.2 Å². The minimum absolute atomic E-state index is 0.0446. The molecule has 0 radical (unpaired) electrons. The zero-order valence-electron chi connectivity index (χ0n) is 18.1. The lowest BCUT2D eigenvalue weighted by Gasteiger charge is -2.55. The van der Waals surface area contributed by atoms with Gasteiger partial charge in [-0.3, -0.25) is 4.79 Å². The van der Waals surface area contributed by atoms with Crippen LogP contribution < -0.4 is 14.8 Å². The molecule has 4 atom stereocenters. The minimum Gasteiger partial charge on any atom is -0.497 e. The largest absolute Gasteiger partial charge is 0.497 e. The number of rotatable bonds is 8. The van der Waals surface area contributed by atoms with Crippen LogP contribution in [0.25, 0.3) is 0 Å². The summed E-state index contributed by atoms with van der Waals surface area (Å²) in [6, 6.07) is 10.3. The second-order valence-corrected chi connectivity index (χ2v) is 8.80. The summed E-state index contributed by atoms with van der Waals surface area (Å²) in [5, 5.41) is 7.24. The number of carbonyl (C=O) groups is 1. The molecule has 1 heterocycles. The molecule has 6 nitrogen and oxygen atoms in total. The normalized spacial score (nSPS) is 25.3. The average Bonchev–Trinajstić information content (AvgIpc) is 3.18. The van der Waals surface area contributed by atoms with E-state index < -0.39 is 0 Å². The summed E-state index contributed by atoms with van der Waals surface area (Å²) in [4.78, 5) is 12.7. The monoisotopic (exact) mass is 412 g/mol. The molecule has 0 aliphatic heterocycles. The third-order valence-corrected chi connectivity index (χ3v) is 6.50. The second-order valence-electron chi connectivity index (χ2n) is 8.80. The van der Waals surface area contributed by atoms with Gasteiger partial charge in [0.1, 0.15) is 11.5 Å². The van der Waals surface area contributed by atoms with Crippen molar-refractivity contribution in [3.63, 3.8) is 0 Å². The quantitative estimate of drug-likeness (QED) is 0.691. The van der Waals surface area contributed by atoms with Crippen LogP contribution in [0.3, 0.4) is 0 Å². The predicted molar refractivity (Wildman–Crippen MR) is 114 cm³/mol. The molecule has 1 aromatic heterocycles. The van der Waals surface area contributed by atoms with E-state index in [-0.39, 0.29) is 18.1 Å². The van der Waals surface area contributed by atoms with Gasteiger partial charge in [0.2, 0.25) is 5.91 Å². The van der Waals surface area contributed by atoms with Crippen molar-refractivity contribution in [3.8, 4) is 11.6 Å². The number of nitrogens with one attached hydrogen (secondary N) is 1. The average molecular weight is 413 g/mol. The number of nitrogens with zero attached hydrogens (tertiary/aromatic N) is 1. The lowest BCUT2D eigenvalue weighted by atomic mass is 9.53. The SMILES string of the molecule is COc1ccc([C@H]2[C@H]3CCCC[C@H]3[C@@H]2NC(=O)CCc2cc(OC(C)C)no2)cc1. The number of benzene rings is 1. The molecular formula is C24H32N2O4. The Morgan fingerprint density at radius 3 is 2.63 bits per heavy atom. The summed E-state index contributed by atoms with van der Waals surface area (Å²) in [5.41, 5.74) is 1.30.